The molecule has 0 aliphatic heterocycles. The SMILES string of the molecule is CCC/C=C\C/C=C\C/C=C\C/C=C\CCCC(=O)OC[C@@H](COC(=O)CCCCCCC/C=C\C/C=C\CCCCC)OC(=O)CCCCCCCCCCCCC. The minimum absolute atomic E-state index is 0.0988. The molecule has 0 heterocycles. The molecule has 0 aromatic carbocycles. The van der Waals surface area contributed by atoms with Gasteiger partial charge in [-0.3, -0.25) is 14.4 Å². The molecule has 6 heteroatoms. The highest BCUT2D eigenvalue weighted by Gasteiger charge is 2.19. The third-order valence-electron chi connectivity index (χ3n) is 10.2. The Hall–Kier alpha value is -3.15. The molecule has 0 aliphatic carbocycles. The van der Waals surface area contributed by atoms with Crippen molar-refractivity contribution in [3.63, 3.8) is 0 Å². The summed E-state index contributed by atoms with van der Waals surface area (Å²) in [5.74, 6) is -0.972. The Labute approximate surface area is 363 Å². The molecule has 0 aromatic heterocycles. The van der Waals surface area contributed by atoms with E-state index in [9.17, 15) is 14.4 Å². The van der Waals surface area contributed by atoms with Crippen molar-refractivity contribution in [1.82, 2.24) is 0 Å². The van der Waals surface area contributed by atoms with Gasteiger partial charge in [-0.15, -0.1) is 0 Å². The molecule has 0 saturated carbocycles. The van der Waals surface area contributed by atoms with Crippen LogP contribution >= 0.6 is 0 Å². The fraction of sp³-hybridized carbons (Fsp3) is 0.717. The molecule has 338 valence electrons. The van der Waals surface area contributed by atoms with Crippen molar-refractivity contribution in [1.29, 1.82) is 0 Å². The Balaban J connectivity index is 4.47. The number of allylic oxidation sites excluding steroid dienone is 12. The topological polar surface area (TPSA) is 78.9 Å². The Kier molecular flexibility index (Phi) is 45.0. The third-order valence-corrected chi connectivity index (χ3v) is 10.2. The average Bonchev–Trinajstić information content (AvgIpc) is 3.23. The summed E-state index contributed by atoms with van der Waals surface area (Å²) in [6.45, 7) is 6.47. The number of hydrogen-bond donors (Lipinski definition) is 0. The average molecular weight is 823 g/mol. The van der Waals surface area contributed by atoms with Gasteiger partial charge in [-0.25, -0.2) is 0 Å². The van der Waals surface area contributed by atoms with E-state index in [1.165, 1.54) is 83.5 Å². The second-order valence-electron chi connectivity index (χ2n) is 16.0. The maximum Gasteiger partial charge on any atom is 0.306 e. The molecule has 0 fully saturated rings. The van der Waals surface area contributed by atoms with Gasteiger partial charge >= 0.3 is 17.9 Å². The van der Waals surface area contributed by atoms with E-state index >= 15 is 0 Å². The van der Waals surface area contributed by atoms with E-state index in [0.29, 0.717) is 19.3 Å². The molecule has 0 amide bonds. The van der Waals surface area contributed by atoms with E-state index in [0.717, 1.165) is 96.3 Å². The van der Waals surface area contributed by atoms with Crippen LogP contribution < -0.4 is 0 Å². The first kappa shape index (κ1) is 55.9. The molecule has 6 nitrogen and oxygen atoms in total. The molecule has 0 spiro atoms. The highest BCUT2D eigenvalue weighted by Crippen LogP contribution is 2.14. The Bertz CT molecular complexity index is 1130. The van der Waals surface area contributed by atoms with Crippen LogP contribution in [0.2, 0.25) is 0 Å². The predicted octanol–water partition coefficient (Wildman–Crippen LogP) is 15.9. The van der Waals surface area contributed by atoms with Crippen molar-refractivity contribution in [2.45, 2.75) is 232 Å². The maximum absolute atomic E-state index is 12.7. The molecule has 0 aliphatic rings. The third kappa shape index (κ3) is 45.8. The zero-order valence-corrected chi connectivity index (χ0v) is 38.5. The van der Waals surface area contributed by atoms with Crippen LogP contribution in [-0.2, 0) is 28.6 Å². The van der Waals surface area contributed by atoms with Gasteiger partial charge in [-0.1, -0.05) is 196 Å². The van der Waals surface area contributed by atoms with Gasteiger partial charge in [-0.05, 0) is 83.5 Å². The standard InChI is InChI=1S/C53H90O6/c1-4-7-10-13-16-19-22-24-26-28-31-33-36-39-42-45-51(54)57-48-50(59-53(56)47-44-41-38-35-30-21-18-15-12-9-6-3)49-58-52(55)46-43-40-37-34-32-29-27-25-23-20-17-14-11-8-5-2/h10,13,17,19-20,22,25-28,33,36,50H,4-9,11-12,14-16,18,21,23-24,29-32,34-35,37-49H2,1-3H3/b13-10-,20-17-,22-19-,27-25-,28-26-,36-33-/t50-/m0/s1. The van der Waals surface area contributed by atoms with Crippen LogP contribution in [0, 0.1) is 0 Å². The van der Waals surface area contributed by atoms with Crippen LogP contribution in [0.4, 0.5) is 0 Å². The van der Waals surface area contributed by atoms with Crippen LogP contribution in [0.25, 0.3) is 0 Å². The van der Waals surface area contributed by atoms with Crippen molar-refractivity contribution < 1.29 is 28.6 Å². The molecule has 0 unspecified atom stereocenters. The monoisotopic (exact) mass is 823 g/mol. The second kappa shape index (κ2) is 47.5. The summed E-state index contributed by atoms with van der Waals surface area (Å²) in [5.41, 5.74) is 0. The number of ether oxygens (including phenoxy) is 3. The van der Waals surface area contributed by atoms with Gasteiger partial charge < -0.3 is 14.2 Å². The van der Waals surface area contributed by atoms with Crippen LogP contribution in [0.1, 0.15) is 226 Å². The summed E-state index contributed by atoms with van der Waals surface area (Å²) in [4.78, 5) is 37.8. The summed E-state index contributed by atoms with van der Waals surface area (Å²) in [6, 6.07) is 0. The van der Waals surface area contributed by atoms with Gasteiger partial charge in [0.1, 0.15) is 13.2 Å². The molecule has 1 atom stereocenters. The van der Waals surface area contributed by atoms with Gasteiger partial charge in [0.25, 0.3) is 0 Å². The number of unbranched alkanes of at least 4 members (excludes halogenated alkanes) is 20. The molecule has 59 heavy (non-hydrogen) atoms. The van der Waals surface area contributed by atoms with Crippen molar-refractivity contribution in [3.8, 4) is 0 Å². The molecule has 0 N–H and O–H groups in total. The van der Waals surface area contributed by atoms with Gasteiger partial charge in [0, 0.05) is 19.3 Å². The zero-order valence-electron chi connectivity index (χ0n) is 38.5. The Morgan fingerprint density at radius 1 is 0.339 bits per heavy atom. The first-order chi connectivity index (χ1) is 29.0. The summed E-state index contributed by atoms with van der Waals surface area (Å²) in [6.07, 6.45) is 58.8. The molecule has 0 bridgehead atoms. The molecular weight excluding hydrogens is 733 g/mol. The number of carbonyl (C=O) groups is 3. The van der Waals surface area contributed by atoms with Crippen LogP contribution in [0.3, 0.4) is 0 Å². The smallest absolute Gasteiger partial charge is 0.306 e. The molecule has 0 rings (SSSR count). The number of esters is 3. The Morgan fingerprint density at radius 2 is 0.661 bits per heavy atom. The summed E-state index contributed by atoms with van der Waals surface area (Å²) in [7, 11) is 0. The summed E-state index contributed by atoms with van der Waals surface area (Å²) < 4.78 is 16.7. The van der Waals surface area contributed by atoms with Crippen molar-refractivity contribution in [2.24, 2.45) is 0 Å². The van der Waals surface area contributed by atoms with Gasteiger partial charge in [-0.2, -0.15) is 0 Å². The number of hydrogen-bond acceptors (Lipinski definition) is 6. The normalized spacial score (nSPS) is 12.7. The van der Waals surface area contributed by atoms with Crippen molar-refractivity contribution in [2.75, 3.05) is 13.2 Å². The lowest BCUT2D eigenvalue weighted by atomic mass is 10.1. The maximum atomic E-state index is 12.7. The zero-order chi connectivity index (χ0) is 43.0. The lowest BCUT2D eigenvalue weighted by molar-refractivity contribution is -0.167. The number of rotatable bonds is 43. The van der Waals surface area contributed by atoms with Crippen LogP contribution in [0.15, 0.2) is 72.9 Å². The van der Waals surface area contributed by atoms with E-state index in [2.05, 4.69) is 93.7 Å². The first-order valence-electron chi connectivity index (χ1n) is 24.4. The van der Waals surface area contributed by atoms with Crippen molar-refractivity contribution in [3.05, 3.63) is 72.9 Å². The highest BCUT2D eigenvalue weighted by molar-refractivity contribution is 5.71. The van der Waals surface area contributed by atoms with Gasteiger partial charge in [0.2, 0.25) is 0 Å². The largest absolute Gasteiger partial charge is 0.462 e. The first-order valence-corrected chi connectivity index (χ1v) is 24.4. The van der Waals surface area contributed by atoms with Crippen LogP contribution in [-0.4, -0.2) is 37.2 Å². The minimum atomic E-state index is -0.799. The van der Waals surface area contributed by atoms with E-state index in [1.807, 2.05) is 0 Å². The number of carbonyl (C=O) groups excluding carboxylic acids is 3. The van der Waals surface area contributed by atoms with E-state index in [4.69, 9.17) is 14.2 Å². The Morgan fingerprint density at radius 3 is 1.12 bits per heavy atom. The highest BCUT2D eigenvalue weighted by atomic mass is 16.6. The molecule has 0 radical (unpaired) electrons. The van der Waals surface area contributed by atoms with E-state index < -0.39 is 6.10 Å². The fourth-order valence-electron chi connectivity index (χ4n) is 6.47. The second-order valence-corrected chi connectivity index (χ2v) is 16.0. The quantitative estimate of drug-likeness (QED) is 0.0264. The van der Waals surface area contributed by atoms with Gasteiger partial charge in [0.05, 0.1) is 0 Å². The predicted molar refractivity (Wildman–Crippen MR) is 251 cm³/mol. The lowest BCUT2D eigenvalue weighted by Crippen LogP contribution is -2.30. The van der Waals surface area contributed by atoms with E-state index in [-0.39, 0.29) is 37.5 Å². The summed E-state index contributed by atoms with van der Waals surface area (Å²) in [5, 5.41) is 0. The lowest BCUT2D eigenvalue weighted by Gasteiger charge is -2.18. The molecule has 0 aromatic rings. The molecular formula is C53H90O6. The van der Waals surface area contributed by atoms with E-state index in [1.54, 1.807) is 0 Å². The molecule has 0 saturated heterocycles. The minimum Gasteiger partial charge on any atom is -0.462 e. The fourth-order valence-corrected chi connectivity index (χ4v) is 6.47. The van der Waals surface area contributed by atoms with Gasteiger partial charge in [0.15, 0.2) is 6.10 Å². The van der Waals surface area contributed by atoms with Crippen LogP contribution in [0.5, 0.6) is 0 Å². The summed E-state index contributed by atoms with van der Waals surface area (Å²) >= 11 is 0. The van der Waals surface area contributed by atoms with Crippen molar-refractivity contribution >= 4 is 17.9 Å².